The van der Waals surface area contributed by atoms with Crippen LogP contribution < -0.4 is 10.6 Å². The van der Waals surface area contributed by atoms with Gasteiger partial charge in [0.25, 0.3) is 11.8 Å². The van der Waals surface area contributed by atoms with Gasteiger partial charge < -0.3 is 20.1 Å². The molecule has 0 saturated carbocycles. The Morgan fingerprint density at radius 3 is 2.54 bits per heavy atom. The number of carbonyl (C=O) groups excluding carboxylic acids is 2. The van der Waals surface area contributed by atoms with E-state index in [1.54, 1.807) is 6.07 Å². The van der Waals surface area contributed by atoms with E-state index < -0.39 is 0 Å². The molecule has 0 aliphatic carbocycles. The molecule has 1 aromatic heterocycles. The van der Waals surface area contributed by atoms with Crippen LogP contribution in [-0.4, -0.2) is 80.3 Å². The van der Waals surface area contributed by atoms with Crippen molar-refractivity contribution in [1.29, 1.82) is 0 Å². The lowest BCUT2D eigenvalue weighted by molar-refractivity contribution is 0.0383. The van der Waals surface area contributed by atoms with Gasteiger partial charge in [-0.2, -0.15) is 0 Å². The van der Waals surface area contributed by atoms with Gasteiger partial charge in [-0.05, 0) is 18.9 Å². The maximum Gasteiger partial charge on any atom is 0.252 e. The summed E-state index contributed by atoms with van der Waals surface area (Å²) in [5.41, 5.74) is 0.764. The van der Waals surface area contributed by atoms with Crippen LogP contribution in [0.1, 0.15) is 33.6 Å². The number of amides is 2. The van der Waals surface area contributed by atoms with Gasteiger partial charge in [0, 0.05) is 51.7 Å². The van der Waals surface area contributed by atoms with Gasteiger partial charge in [0.05, 0.1) is 30.4 Å². The summed E-state index contributed by atoms with van der Waals surface area (Å²) in [7, 11) is 0. The Balaban J connectivity index is 1.45. The fraction of sp³-hybridized carbons (Fsp3) is 0.611. The lowest BCUT2D eigenvalue weighted by Crippen LogP contribution is -2.41. The maximum atomic E-state index is 12.3. The number of nitrogens with one attached hydrogen (secondary N) is 2. The van der Waals surface area contributed by atoms with Crippen molar-refractivity contribution in [2.24, 2.45) is 0 Å². The Morgan fingerprint density at radius 2 is 1.85 bits per heavy atom. The summed E-state index contributed by atoms with van der Waals surface area (Å²) in [6.45, 7) is 5.81. The molecule has 8 heteroatoms. The molecule has 0 spiro atoms. The summed E-state index contributed by atoms with van der Waals surface area (Å²) in [6, 6.07) is 1.57. The zero-order valence-electron chi connectivity index (χ0n) is 14.9. The molecule has 0 aromatic carbocycles. The molecule has 2 aliphatic heterocycles. The van der Waals surface area contributed by atoms with Gasteiger partial charge in [-0.3, -0.25) is 19.5 Å². The van der Waals surface area contributed by atoms with Crippen LogP contribution in [0.15, 0.2) is 18.5 Å². The first kappa shape index (κ1) is 18.8. The second-order valence-electron chi connectivity index (χ2n) is 6.52. The Bertz CT molecular complexity index is 613. The maximum absolute atomic E-state index is 12.3. The first-order valence-corrected chi connectivity index (χ1v) is 9.15. The number of carbonyl (C=O) groups is 2. The summed E-state index contributed by atoms with van der Waals surface area (Å²) in [6.07, 6.45) is 5.02. The van der Waals surface area contributed by atoms with Crippen LogP contribution in [0.3, 0.4) is 0 Å². The number of hydrogen-bond acceptors (Lipinski definition) is 6. The van der Waals surface area contributed by atoms with Crippen LogP contribution >= 0.6 is 0 Å². The van der Waals surface area contributed by atoms with E-state index >= 15 is 0 Å². The molecule has 2 fully saturated rings. The van der Waals surface area contributed by atoms with Crippen LogP contribution in [0.4, 0.5) is 0 Å². The van der Waals surface area contributed by atoms with Gasteiger partial charge in [-0.15, -0.1) is 0 Å². The Labute approximate surface area is 153 Å². The quantitative estimate of drug-likeness (QED) is 0.712. The number of aromatic nitrogens is 1. The molecule has 8 nitrogen and oxygen atoms in total. The van der Waals surface area contributed by atoms with Crippen molar-refractivity contribution in [2.45, 2.75) is 18.9 Å². The van der Waals surface area contributed by atoms with Gasteiger partial charge in [0.1, 0.15) is 0 Å². The monoisotopic (exact) mass is 362 g/mol. The number of morpholine rings is 1. The minimum absolute atomic E-state index is 0.0820. The highest BCUT2D eigenvalue weighted by Crippen LogP contribution is 2.11. The minimum Gasteiger partial charge on any atom is -0.379 e. The van der Waals surface area contributed by atoms with Crippen molar-refractivity contribution in [3.05, 3.63) is 29.6 Å². The number of rotatable bonds is 7. The molecule has 2 aliphatic rings. The zero-order chi connectivity index (χ0) is 18.2. The first-order valence-electron chi connectivity index (χ1n) is 9.15. The summed E-state index contributed by atoms with van der Waals surface area (Å²) in [5.74, 6) is -0.462. The molecule has 1 atom stereocenters. The van der Waals surface area contributed by atoms with E-state index in [1.165, 1.54) is 12.4 Å². The average molecular weight is 362 g/mol. The Kier molecular flexibility index (Phi) is 6.93. The van der Waals surface area contributed by atoms with Gasteiger partial charge in [-0.1, -0.05) is 0 Å². The summed E-state index contributed by atoms with van der Waals surface area (Å²) < 4.78 is 10.8. The molecule has 0 radical (unpaired) electrons. The molecule has 1 aromatic rings. The smallest absolute Gasteiger partial charge is 0.252 e. The molecule has 2 N–H and O–H groups in total. The minimum atomic E-state index is -0.240. The molecule has 3 heterocycles. The SMILES string of the molecule is O=C(NCCN1CCOCC1)c1cncc(C(=O)NCC2CCCO2)c1. The molecule has 2 saturated heterocycles. The Morgan fingerprint density at radius 1 is 1.12 bits per heavy atom. The van der Waals surface area contributed by atoms with Crippen LogP contribution in [0, 0.1) is 0 Å². The van der Waals surface area contributed by atoms with E-state index in [9.17, 15) is 9.59 Å². The van der Waals surface area contributed by atoms with Crippen molar-refractivity contribution in [2.75, 3.05) is 52.5 Å². The number of nitrogens with zero attached hydrogens (tertiary/aromatic N) is 2. The van der Waals surface area contributed by atoms with Gasteiger partial charge in [0.2, 0.25) is 0 Å². The Hall–Kier alpha value is -2.03. The van der Waals surface area contributed by atoms with Crippen molar-refractivity contribution < 1.29 is 19.1 Å². The third-order valence-corrected chi connectivity index (χ3v) is 4.59. The van der Waals surface area contributed by atoms with Crippen LogP contribution in [0.25, 0.3) is 0 Å². The van der Waals surface area contributed by atoms with E-state index in [1.807, 2.05) is 0 Å². The summed E-state index contributed by atoms with van der Waals surface area (Å²) >= 11 is 0. The second kappa shape index (κ2) is 9.61. The highest BCUT2D eigenvalue weighted by atomic mass is 16.5. The van der Waals surface area contributed by atoms with Gasteiger partial charge >= 0.3 is 0 Å². The summed E-state index contributed by atoms with van der Waals surface area (Å²) in [4.78, 5) is 30.8. The fourth-order valence-corrected chi connectivity index (χ4v) is 3.06. The van der Waals surface area contributed by atoms with Gasteiger partial charge in [-0.25, -0.2) is 0 Å². The second-order valence-corrected chi connectivity index (χ2v) is 6.52. The van der Waals surface area contributed by atoms with E-state index in [0.717, 1.165) is 52.3 Å². The largest absolute Gasteiger partial charge is 0.379 e. The van der Waals surface area contributed by atoms with Crippen molar-refractivity contribution >= 4 is 11.8 Å². The molecule has 2 amide bonds. The average Bonchev–Trinajstić information content (AvgIpc) is 3.20. The highest BCUT2D eigenvalue weighted by molar-refractivity contribution is 5.99. The topological polar surface area (TPSA) is 92.8 Å². The zero-order valence-corrected chi connectivity index (χ0v) is 14.9. The molecule has 1 unspecified atom stereocenters. The number of hydrogen-bond donors (Lipinski definition) is 2. The van der Waals surface area contributed by atoms with Crippen molar-refractivity contribution in [1.82, 2.24) is 20.5 Å². The fourth-order valence-electron chi connectivity index (χ4n) is 3.06. The molecule has 0 bridgehead atoms. The highest BCUT2D eigenvalue weighted by Gasteiger charge is 2.17. The van der Waals surface area contributed by atoms with E-state index in [-0.39, 0.29) is 17.9 Å². The molecular formula is C18H26N4O4. The van der Waals surface area contributed by atoms with E-state index in [4.69, 9.17) is 9.47 Å². The lowest BCUT2D eigenvalue weighted by Gasteiger charge is -2.26. The molecular weight excluding hydrogens is 336 g/mol. The van der Waals surface area contributed by atoms with E-state index in [2.05, 4.69) is 20.5 Å². The molecule has 3 rings (SSSR count). The van der Waals surface area contributed by atoms with Gasteiger partial charge in [0.15, 0.2) is 0 Å². The van der Waals surface area contributed by atoms with Crippen LogP contribution in [0.5, 0.6) is 0 Å². The number of pyridine rings is 1. The molecule has 142 valence electrons. The summed E-state index contributed by atoms with van der Waals surface area (Å²) in [5, 5.41) is 5.72. The standard InChI is InChI=1S/C18H26N4O4/c23-17(20-3-4-22-5-8-25-9-6-22)14-10-15(12-19-11-14)18(24)21-13-16-2-1-7-26-16/h10-12,16H,1-9,13H2,(H,20,23)(H,21,24). The number of ether oxygens (including phenoxy) is 2. The lowest BCUT2D eigenvalue weighted by atomic mass is 10.1. The van der Waals surface area contributed by atoms with E-state index in [0.29, 0.717) is 24.2 Å². The van der Waals surface area contributed by atoms with Crippen LogP contribution in [0.2, 0.25) is 0 Å². The first-order chi connectivity index (χ1) is 12.7. The third kappa shape index (κ3) is 5.48. The molecule has 26 heavy (non-hydrogen) atoms. The van der Waals surface area contributed by atoms with Crippen molar-refractivity contribution in [3.8, 4) is 0 Å². The third-order valence-electron chi connectivity index (χ3n) is 4.59. The van der Waals surface area contributed by atoms with Crippen molar-refractivity contribution in [3.63, 3.8) is 0 Å². The predicted molar refractivity (Wildman–Crippen MR) is 95.1 cm³/mol. The predicted octanol–water partition coefficient (Wildman–Crippen LogP) is 0.0524. The van der Waals surface area contributed by atoms with Crippen LogP contribution in [-0.2, 0) is 9.47 Å². The normalized spacial score (nSPS) is 20.7.